The number of aromatic nitrogens is 1. The van der Waals surface area contributed by atoms with Crippen LogP contribution in [0, 0.1) is 0 Å². The van der Waals surface area contributed by atoms with Crippen molar-refractivity contribution in [3.63, 3.8) is 0 Å². The highest BCUT2D eigenvalue weighted by atomic mass is 16.5. The Morgan fingerprint density at radius 1 is 1.15 bits per heavy atom. The Morgan fingerprint density at radius 2 is 1.89 bits per heavy atom. The Balaban J connectivity index is 2.04. The molecule has 1 heterocycles. The summed E-state index contributed by atoms with van der Waals surface area (Å²) in [5.41, 5.74) is 4.72. The highest BCUT2D eigenvalue weighted by Gasteiger charge is 2.22. The van der Waals surface area contributed by atoms with Crippen LogP contribution in [0.2, 0.25) is 0 Å². The molecule has 0 bridgehead atoms. The molecule has 0 radical (unpaired) electrons. The topological polar surface area (TPSA) is 54.1 Å². The lowest BCUT2D eigenvalue weighted by Gasteiger charge is -2.19. The summed E-state index contributed by atoms with van der Waals surface area (Å²) in [5.74, 6) is 0.860. The molecule has 0 saturated heterocycles. The average Bonchev–Trinajstić information content (AvgIpc) is 3.09. The number of amides is 1. The largest absolute Gasteiger partial charge is 0.497 e. The predicted octanol–water partition coefficient (Wildman–Crippen LogP) is 4.79. The number of hydrogen-bond donors (Lipinski definition) is 2. The Hall–Kier alpha value is -2.75. The smallest absolute Gasteiger partial charge is 0.221 e. The SMILES string of the molecule is CCc1cccc2c(C(CC(=O)NC(C)C)c3ccc(OC)cc3)c[nH]c12. The maximum atomic E-state index is 12.6. The van der Waals surface area contributed by atoms with E-state index in [1.54, 1.807) is 7.11 Å². The molecule has 2 N–H and O–H groups in total. The van der Waals surface area contributed by atoms with Crippen LogP contribution in [-0.4, -0.2) is 24.0 Å². The number of aryl methyl sites for hydroxylation is 1. The highest BCUT2D eigenvalue weighted by Crippen LogP contribution is 2.35. The van der Waals surface area contributed by atoms with Gasteiger partial charge in [0.25, 0.3) is 0 Å². The van der Waals surface area contributed by atoms with Crippen LogP contribution in [0.25, 0.3) is 10.9 Å². The second-order valence-electron chi connectivity index (χ2n) is 7.19. The number of fused-ring (bicyclic) bond motifs is 1. The highest BCUT2D eigenvalue weighted by molar-refractivity contribution is 5.88. The molecule has 0 aliphatic carbocycles. The van der Waals surface area contributed by atoms with Crippen LogP contribution in [0.1, 0.15) is 49.8 Å². The van der Waals surface area contributed by atoms with Gasteiger partial charge in [-0.2, -0.15) is 0 Å². The van der Waals surface area contributed by atoms with Crippen LogP contribution < -0.4 is 10.1 Å². The zero-order valence-corrected chi connectivity index (χ0v) is 16.5. The zero-order chi connectivity index (χ0) is 19.4. The minimum atomic E-state index is -0.0180. The van der Waals surface area contributed by atoms with Gasteiger partial charge >= 0.3 is 0 Å². The maximum absolute atomic E-state index is 12.6. The van der Waals surface area contributed by atoms with Crippen molar-refractivity contribution >= 4 is 16.8 Å². The summed E-state index contributed by atoms with van der Waals surface area (Å²) in [6.07, 6.45) is 3.44. The van der Waals surface area contributed by atoms with Crippen LogP contribution in [0.5, 0.6) is 5.75 Å². The number of carbonyl (C=O) groups excluding carboxylic acids is 1. The van der Waals surface area contributed by atoms with E-state index in [1.807, 2.05) is 26.0 Å². The number of hydrogen-bond acceptors (Lipinski definition) is 2. The van der Waals surface area contributed by atoms with Crippen molar-refractivity contribution < 1.29 is 9.53 Å². The van der Waals surface area contributed by atoms with E-state index in [0.29, 0.717) is 6.42 Å². The second-order valence-corrected chi connectivity index (χ2v) is 7.19. The van der Waals surface area contributed by atoms with Crippen molar-refractivity contribution in [1.82, 2.24) is 10.3 Å². The fourth-order valence-electron chi connectivity index (χ4n) is 3.63. The third kappa shape index (κ3) is 4.16. The number of para-hydroxylation sites is 1. The van der Waals surface area contributed by atoms with Crippen LogP contribution in [0.4, 0.5) is 0 Å². The first kappa shape index (κ1) is 19.0. The molecular formula is C23H28N2O2. The molecule has 4 heteroatoms. The van der Waals surface area contributed by atoms with E-state index >= 15 is 0 Å². The van der Waals surface area contributed by atoms with Gasteiger partial charge in [0.2, 0.25) is 5.91 Å². The first-order valence-electron chi connectivity index (χ1n) is 9.55. The van der Waals surface area contributed by atoms with Gasteiger partial charge in [-0.25, -0.2) is 0 Å². The molecule has 1 unspecified atom stereocenters. The van der Waals surface area contributed by atoms with E-state index in [4.69, 9.17) is 4.74 Å². The molecule has 1 amide bonds. The lowest BCUT2D eigenvalue weighted by atomic mass is 9.87. The molecule has 27 heavy (non-hydrogen) atoms. The van der Waals surface area contributed by atoms with E-state index in [0.717, 1.165) is 28.8 Å². The van der Waals surface area contributed by atoms with Crippen molar-refractivity contribution in [3.8, 4) is 5.75 Å². The van der Waals surface area contributed by atoms with Crippen molar-refractivity contribution in [2.24, 2.45) is 0 Å². The fourth-order valence-corrected chi connectivity index (χ4v) is 3.63. The van der Waals surface area contributed by atoms with E-state index in [9.17, 15) is 4.79 Å². The van der Waals surface area contributed by atoms with Crippen molar-refractivity contribution in [1.29, 1.82) is 0 Å². The third-order valence-electron chi connectivity index (χ3n) is 4.95. The van der Waals surface area contributed by atoms with Crippen LogP contribution in [0.15, 0.2) is 48.7 Å². The number of H-pyrrole nitrogens is 1. The zero-order valence-electron chi connectivity index (χ0n) is 16.5. The summed E-state index contributed by atoms with van der Waals surface area (Å²) in [5, 5.41) is 4.21. The molecule has 4 nitrogen and oxygen atoms in total. The third-order valence-corrected chi connectivity index (χ3v) is 4.95. The summed E-state index contributed by atoms with van der Waals surface area (Å²) >= 11 is 0. The average molecular weight is 364 g/mol. The number of rotatable bonds is 7. The van der Waals surface area contributed by atoms with E-state index in [1.165, 1.54) is 10.9 Å². The van der Waals surface area contributed by atoms with Gasteiger partial charge in [0.1, 0.15) is 5.75 Å². The summed E-state index contributed by atoms with van der Waals surface area (Å²) in [4.78, 5) is 16.0. The van der Waals surface area contributed by atoms with Crippen LogP contribution in [0.3, 0.4) is 0 Å². The Labute approximate surface area is 160 Å². The minimum absolute atomic E-state index is 0.0180. The van der Waals surface area contributed by atoms with Gasteiger partial charge in [0.05, 0.1) is 7.11 Å². The summed E-state index contributed by atoms with van der Waals surface area (Å²) in [6.45, 7) is 6.13. The van der Waals surface area contributed by atoms with Gasteiger partial charge in [-0.1, -0.05) is 37.3 Å². The van der Waals surface area contributed by atoms with E-state index in [2.05, 4.69) is 53.8 Å². The van der Waals surface area contributed by atoms with Crippen molar-refractivity contribution in [2.75, 3.05) is 7.11 Å². The second kappa shape index (κ2) is 8.30. The molecule has 3 rings (SSSR count). The Bertz CT molecular complexity index is 910. The molecule has 0 aliphatic heterocycles. The van der Waals surface area contributed by atoms with Crippen LogP contribution >= 0.6 is 0 Å². The summed E-state index contributed by atoms with van der Waals surface area (Å²) < 4.78 is 5.29. The van der Waals surface area contributed by atoms with Crippen LogP contribution in [-0.2, 0) is 11.2 Å². The number of ether oxygens (including phenoxy) is 1. The first-order valence-corrected chi connectivity index (χ1v) is 9.55. The number of benzene rings is 2. The van der Waals surface area contributed by atoms with Gasteiger partial charge < -0.3 is 15.0 Å². The normalized spacial score (nSPS) is 12.3. The van der Waals surface area contributed by atoms with Gasteiger partial charge in [-0.3, -0.25) is 4.79 Å². The van der Waals surface area contributed by atoms with E-state index in [-0.39, 0.29) is 17.9 Å². The molecule has 0 saturated carbocycles. The molecule has 1 atom stereocenters. The summed E-state index contributed by atoms with van der Waals surface area (Å²) in [7, 11) is 1.66. The number of nitrogens with one attached hydrogen (secondary N) is 2. The van der Waals surface area contributed by atoms with E-state index < -0.39 is 0 Å². The van der Waals surface area contributed by atoms with Crippen molar-refractivity contribution in [2.45, 2.75) is 45.6 Å². The quantitative estimate of drug-likeness (QED) is 0.633. The number of carbonyl (C=O) groups is 1. The number of methoxy groups -OCH3 is 1. The molecule has 142 valence electrons. The number of aromatic amines is 1. The fraction of sp³-hybridized carbons (Fsp3) is 0.348. The molecular weight excluding hydrogens is 336 g/mol. The van der Waals surface area contributed by atoms with Crippen molar-refractivity contribution in [3.05, 3.63) is 65.4 Å². The molecule has 0 aliphatic rings. The Morgan fingerprint density at radius 3 is 2.52 bits per heavy atom. The molecule has 0 spiro atoms. The summed E-state index contributed by atoms with van der Waals surface area (Å²) in [6, 6.07) is 14.5. The van der Waals surface area contributed by atoms with Gasteiger partial charge in [0, 0.05) is 35.5 Å². The monoisotopic (exact) mass is 364 g/mol. The minimum Gasteiger partial charge on any atom is -0.497 e. The molecule has 1 aromatic heterocycles. The maximum Gasteiger partial charge on any atom is 0.221 e. The van der Waals surface area contributed by atoms with Gasteiger partial charge in [0.15, 0.2) is 0 Å². The lowest BCUT2D eigenvalue weighted by molar-refractivity contribution is -0.121. The Kier molecular flexibility index (Phi) is 5.84. The lowest BCUT2D eigenvalue weighted by Crippen LogP contribution is -2.31. The standard InChI is InChI=1S/C23H28N2O2/c1-5-16-7-6-8-19-21(14-24-23(16)19)20(13-22(26)25-15(2)3)17-9-11-18(27-4)12-10-17/h6-12,14-15,20,24H,5,13H2,1-4H3,(H,25,26). The molecule has 3 aromatic rings. The first-order chi connectivity index (χ1) is 13.0. The van der Waals surface area contributed by atoms with Gasteiger partial charge in [-0.15, -0.1) is 0 Å². The van der Waals surface area contributed by atoms with Gasteiger partial charge in [-0.05, 0) is 49.1 Å². The predicted molar refractivity (Wildman–Crippen MR) is 110 cm³/mol. The molecule has 0 fully saturated rings. The molecule has 2 aromatic carbocycles.